The quantitative estimate of drug-likeness (QED) is 0.649. The molecule has 1 N–H and O–H groups in total. The lowest BCUT2D eigenvalue weighted by atomic mass is 10.1. The fourth-order valence-electron chi connectivity index (χ4n) is 2.11. The Morgan fingerprint density at radius 3 is 2.70 bits per heavy atom. The number of thiophene rings is 1. The summed E-state index contributed by atoms with van der Waals surface area (Å²) in [5.74, 6) is 0. The Morgan fingerprint density at radius 1 is 1.30 bits per heavy atom. The third-order valence-electron chi connectivity index (χ3n) is 3.22. The number of nitrogens with one attached hydrogen (secondary N) is 1. The van der Waals surface area contributed by atoms with Crippen LogP contribution in [0.25, 0.3) is 0 Å². The molecular formula is C15H18N2O2S. The van der Waals surface area contributed by atoms with E-state index >= 15 is 0 Å². The topological polar surface area (TPSA) is 55.2 Å². The van der Waals surface area contributed by atoms with Crippen LogP contribution in [0.1, 0.15) is 28.3 Å². The number of aryl methyl sites for hydroxylation is 1. The second-order valence-corrected chi connectivity index (χ2v) is 6.08. The summed E-state index contributed by atoms with van der Waals surface area (Å²) in [6.45, 7) is 4.93. The molecule has 0 saturated heterocycles. The Bertz CT molecular complexity index is 595. The second kappa shape index (κ2) is 6.63. The van der Waals surface area contributed by atoms with Gasteiger partial charge in [-0.1, -0.05) is 18.2 Å². The van der Waals surface area contributed by atoms with Crippen LogP contribution in [0, 0.1) is 17.0 Å². The van der Waals surface area contributed by atoms with Crippen molar-refractivity contribution in [3.8, 4) is 0 Å². The molecule has 1 heterocycles. The summed E-state index contributed by atoms with van der Waals surface area (Å²) in [5.41, 5.74) is 0.980. The minimum Gasteiger partial charge on any atom is -0.309 e. The Kier molecular flexibility index (Phi) is 4.87. The van der Waals surface area contributed by atoms with E-state index in [4.69, 9.17) is 0 Å². The maximum Gasteiger partial charge on any atom is 0.272 e. The molecule has 4 nitrogen and oxygen atoms in total. The Morgan fingerprint density at radius 2 is 2.05 bits per heavy atom. The Hall–Kier alpha value is -1.72. The molecule has 20 heavy (non-hydrogen) atoms. The first-order valence-electron chi connectivity index (χ1n) is 6.60. The monoisotopic (exact) mass is 290 g/mol. The average Bonchev–Trinajstić information content (AvgIpc) is 2.86. The lowest BCUT2D eigenvalue weighted by Gasteiger charge is -2.12. The van der Waals surface area contributed by atoms with Gasteiger partial charge in [-0.2, -0.15) is 0 Å². The molecule has 0 amide bonds. The zero-order chi connectivity index (χ0) is 14.5. The molecule has 0 bridgehead atoms. The van der Waals surface area contributed by atoms with E-state index in [1.54, 1.807) is 23.5 Å². The van der Waals surface area contributed by atoms with Gasteiger partial charge in [-0.05, 0) is 32.4 Å². The van der Waals surface area contributed by atoms with E-state index in [-0.39, 0.29) is 16.7 Å². The molecule has 0 aliphatic carbocycles. The summed E-state index contributed by atoms with van der Waals surface area (Å²) < 4.78 is 0. The van der Waals surface area contributed by atoms with Crippen molar-refractivity contribution in [2.45, 2.75) is 26.3 Å². The van der Waals surface area contributed by atoms with Gasteiger partial charge in [0.25, 0.3) is 5.69 Å². The van der Waals surface area contributed by atoms with E-state index in [9.17, 15) is 10.1 Å². The second-order valence-electron chi connectivity index (χ2n) is 4.76. The zero-order valence-electron chi connectivity index (χ0n) is 11.6. The third-order valence-corrected chi connectivity index (χ3v) is 4.40. The van der Waals surface area contributed by atoms with Gasteiger partial charge in [-0.25, -0.2) is 0 Å². The fraction of sp³-hybridized carbons (Fsp3) is 0.333. The minimum atomic E-state index is -0.318. The van der Waals surface area contributed by atoms with Crippen molar-refractivity contribution in [3.63, 3.8) is 0 Å². The van der Waals surface area contributed by atoms with Crippen molar-refractivity contribution in [1.29, 1.82) is 0 Å². The van der Waals surface area contributed by atoms with Gasteiger partial charge in [0, 0.05) is 34.0 Å². The molecule has 1 unspecified atom stereocenters. The summed E-state index contributed by atoms with van der Waals surface area (Å²) in [5, 5.41) is 14.3. The highest BCUT2D eigenvalue weighted by atomic mass is 32.1. The normalized spacial score (nSPS) is 12.3. The molecular weight excluding hydrogens is 272 g/mol. The van der Waals surface area contributed by atoms with Crippen LogP contribution >= 0.6 is 11.3 Å². The van der Waals surface area contributed by atoms with Crippen molar-refractivity contribution in [1.82, 2.24) is 5.32 Å². The van der Waals surface area contributed by atoms with E-state index < -0.39 is 0 Å². The van der Waals surface area contributed by atoms with E-state index in [2.05, 4.69) is 31.3 Å². The molecule has 1 aromatic heterocycles. The molecule has 0 aliphatic rings. The highest BCUT2D eigenvalue weighted by Crippen LogP contribution is 2.22. The van der Waals surface area contributed by atoms with Crippen molar-refractivity contribution >= 4 is 17.0 Å². The molecule has 2 aromatic rings. The van der Waals surface area contributed by atoms with Crippen LogP contribution in [-0.2, 0) is 6.42 Å². The average molecular weight is 290 g/mol. The molecule has 1 atom stereocenters. The number of nitro benzene ring substituents is 1. The summed E-state index contributed by atoms with van der Waals surface area (Å²) in [6.07, 6.45) is 0.659. The van der Waals surface area contributed by atoms with E-state index in [0.717, 1.165) is 12.1 Å². The SMILES string of the molecule is Cc1ccc(C(C)NCCc2ccccc2[N+](=O)[O-])s1. The van der Waals surface area contributed by atoms with Gasteiger partial charge >= 0.3 is 0 Å². The maximum atomic E-state index is 10.9. The van der Waals surface area contributed by atoms with Crippen LogP contribution in [0.4, 0.5) is 5.69 Å². The van der Waals surface area contributed by atoms with Crippen LogP contribution in [-0.4, -0.2) is 11.5 Å². The van der Waals surface area contributed by atoms with Crippen molar-refractivity contribution in [3.05, 3.63) is 61.8 Å². The number of hydrogen-bond donors (Lipinski definition) is 1. The first-order chi connectivity index (χ1) is 9.58. The van der Waals surface area contributed by atoms with Gasteiger partial charge in [0.2, 0.25) is 0 Å². The molecule has 5 heteroatoms. The van der Waals surface area contributed by atoms with Gasteiger partial charge < -0.3 is 5.32 Å². The Balaban J connectivity index is 1.92. The molecule has 0 radical (unpaired) electrons. The molecule has 0 aliphatic heterocycles. The van der Waals surface area contributed by atoms with Gasteiger partial charge in [0.15, 0.2) is 0 Å². The minimum absolute atomic E-state index is 0.203. The van der Waals surface area contributed by atoms with E-state index in [0.29, 0.717) is 6.42 Å². The number of para-hydroxylation sites is 1. The van der Waals surface area contributed by atoms with Gasteiger partial charge in [-0.15, -0.1) is 11.3 Å². The highest BCUT2D eigenvalue weighted by molar-refractivity contribution is 7.12. The maximum absolute atomic E-state index is 10.9. The lowest BCUT2D eigenvalue weighted by molar-refractivity contribution is -0.385. The van der Waals surface area contributed by atoms with Crippen molar-refractivity contribution in [2.24, 2.45) is 0 Å². The zero-order valence-corrected chi connectivity index (χ0v) is 12.4. The molecule has 0 saturated carbocycles. The van der Waals surface area contributed by atoms with Gasteiger partial charge in [0.05, 0.1) is 4.92 Å². The first-order valence-corrected chi connectivity index (χ1v) is 7.41. The van der Waals surface area contributed by atoms with E-state index in [1.165, 1.54) is 9.75 Å². The molecule has 106 valence electrons. The van der Waals surface area contributed by atoms with Crippen molar-refractivity contribution < 1.29 is 4.92 Å². The third kappa shape index (κ3) is 3.65. The van der Waals surface area contributed by atoms with Crippen LogP contribution in [0.15, 0.2) is 36.4 Å². The summed E-state index contributed by atoms with van der Waals surface area (Å²) in [4.78, 5) is 13.2. The molecule has 1 aromatic carbocycles. The first kappa shape index (κ1) is 14.7. The predicted octanol–water partition coefficient (Wildman–Crippen LogP) is 3.86. The van der Waals surface area contributed by atoms with Crippen molar-refractivity contribution in [2.75, 3.05) is 6.54 Å². The number of nitro groups is 1. The predicted molar refractivity (Wildman–Crippen MR) is 82.3 cm³/mol. The molecule has 0 fully saturated rings. The summed E-state index contributed by atoms with van der Waals surface area (Å²) in [6, 6.07) is 11.4. The van der Waals surface area contributed by atoms with Crippen LogP contribution in [0.3, 0.4) is 0 Å². The summed E-state index contributed by atoms with van der Waals surface area (Å²) in [7, 11) is 0. The van der Waals surface area contributed by atoms with Gasteiger partial charge in [-0.3, -0.25) is 10.1 Å². The fourth-order valence-corrected chi connectivity index (χ4v) is 3.01. The summed E-state index contributed by atoms with van der Waals surface area (Å²) >= 11 is 1.78. The van der Waals surface area contributed by atoms with Crippen LogP contribution < -0.4 is 5.32 Å². The number of hydrogen-bond acceptors (Lipinski definition) is 4. The largest absolute Gasteiger partial charge is 0.309 e. The van der Waals surface area contributed by atoms with Crippen LogP contribution in [0.5, 0.6) is 0 Å². The standard InChI is InChI=1S/C15H18N2O2S/c1-11-7-8-15(20-11)12(2)16-10-9-13-5-3-4-6-14(13)17(18)19/h3-8,12,16H,9-10H2,1-2H3. The smallest absolute Gasteiger partial charge is 0.272 e. The van der Waals surface area contributed by atoms with Gasteiger partial charge in [0.1, 0.15) is 0 Å². The number of benzene rings is 1. The number of nitrogens with zero attached hydrogens (tertiary/aromatic N) is 1. The number of rotatable bonds is 6. The van der Waals surface area contributed by atoms with Crippen LogP contribution in [0.2, 0.25) is 0 Å². The molecule has 0 spiro atoms. The Labute approximate surface area is 122 Å². The van der Waals surface area contributed by atoms with E-state index in [1.807, 2.05) is 12.1 Å². The highest BCUT2D eigenvalue weighted by Gasteiger charge is 2.12. The molecule has 2 rings (SSSR count). The lowest BCUT2D eigenvalue weighted by Crippen LogP contribution is -2.20.